The van der Waals surface area contributed by atoms with Gasteiger partial charge in [-0.05, 0) is 25.5 Å². The highest BCUT2D eigenvalue weighted by molar-refractivity contribution is 5.89. The summed E-state index contributed by atoms with van der Waals surface area (Å²) in [5.41, 5.74) is 0.585. The van der Waals surface area contributed by atoms with Crippen LogP contribution in [0.3, 0.4) is 0 Å². The molecule has 1 aromatic carbocycles. The first-order chi connectivity index (χ1) is 10.0. The predicted octanol–water partition coefficient (Wildman–Crippen LogP) is 1.83. The Morgan fingerprint density at radius 2 is 2.00 bits per heavy atom. The minimum Gasteiger partial charge on any atom is -0.486 e. The summed E-state index contributed by atoms with van der Waals surface area (Å²) in [6.45, 7) is 2.75. The van der Waals surface area contributed by atoms with E-state index in [1.165, 1.54) is 0 Å². The van der Waals surface area contributed by atoms with Gasteiger partial charge < -0.3 is 25.2 Å². The van der Waals surface area contributed by atoms with Crippen LogP contribution in [0.4, 0.5) is 10.5 Å². The average Bonchev–Trinajstić information content (AvgIpc) is 2.45. The molecule has 1 unspecified atom stereocenters. The maximum Gasteiger partial charge on any atom is 0.319 e. The van der Waals surface area contributed by atoms with Gasteiger partial charge in [0, 0.05) is 24.2 Å². The molecule has 3 N–H and O–H groups in total. The molecule has 2 amide bonds. The SMILES string of the molecule is CC(CCC(=O)O)NC(=O)Nc1ccc2c(c1)OCCO2. The number of carbonyl (C=O) groups is 2. The maximum absolute atomic E-state index is 11.8. The molecule has 0 spiro atoms. The van der Waals surface area contributed by atoms with Crippen molar-refractivity contribution in [2.75, 3.05) is 18.5 Å². The van der Waals surface area contributed by atoms with E-state index in [-0.39, 0.29) is 18.5 Å². The fourth-order valence-electron chi connectivity index (χ4n) is 1.92. The molecule has 0 saturated heterocycles. The highest BCUT2D eigenvalue weighted by atomic mass is 16.6. The highest BCUT2D eigenvalue weighted by Crippen LogP contribution is 2.32. The zero-order chi connectivity index (χ0) is 15.2. The first kappa shape index (κ1) is 15.0. The summed E-state index contributed by atoms with van der Waals surface area (Å²) in [4.78, 5) is 22.3. The number of benzene rings is 1. The number of aliphatic carboxylic acids is 1. The Kier molecular flexibility index (Phi) is 4.86. The van der Waals surface area contributed by atoms with Gasteiger partial charge in [-0.1, -0.05) is 0 Å². The van der Waals surface area contributed by atoms with Crippen LogP contribution in [0, 0.1) is 0 Å². The zero-order valence-electron chi connectivity index (χ0n) is 11.7. The van der Waals surface area contributed by atoms with Crippen LogP contribution in [0.2, 0.25) is 0 Å². The van der Waals surface area contributed by atoms with E-state index in [0.29, 0.717) is 36.8 Å². The summed E-state index contributed by atoms with van der Waals surface area (Å²) < 4.78 is 10.8. The molecule has 1 aliphatic rings. The van der Waals surface area contributed by atoms with Crippen molar-refractivity contribution in [3.8, 4) is 11.5 Å². The normalized spacial score (nSPS) is 14.1. The van der Waals surface area contributed by atoms with Gasteiger partial charge in [-0.2, -0.15) is 0 Å². The van der Waals surface area contributed by atoms with Crippen LogP contribution in [0.5, 0.6) is 11.5 Å². The van der Waals surface area contributed by atoms with E-state index in [4.69, 9.17) is 14.6 Å². The van der Waals surface area contributed by atoms with Crippen LogP contribution in [0.25, 0.3) is 0 Å². The molecule has 0 fully saturated rings. The first-order valence-corrected chi connectivity index (χ1v) is 6.73. The Hall–Kier alpha value is -2.44. The van der Waals surface area contributed by atoms with Crippen LogP contribution >= 0.6 is 0 Å². The Morgan fingerprint density at radius 3 is 2.71 bits per heavy atom. The molecule has 0 saturated carbocycles. The molecule has 1 aromatic rings. The van der Waals surface area contributed by atoms with Gasteiger partial charge in [0.2, 0.25) is 0 Å². The number of rotatable bonds is 5. The molecule has 0 bridgehead atoms. The Labute approximate surface area is 122 Å². The fraction of sp³-hybridized carbons (Fsp3) is 0.429. The van der Waals surface area contributed by atoms with Crippen LogP contribution in [0.1, 0.15) is 19.8 Å². The lowest BCUT2D eigenvalue weighted by Gasteiger charge is -2.19. The number of hydrogen-bond donors (Lipinski definition) is 3. The molecule has 0 aromatic heterocycles. The third-order valence-electron chi connectivity index (χ3n) is 2.97. The lowest BCUT2D eigenvalue weighted by Crippen LogP contribution is -2.36. The number of hydrogen-bond acceptors (Lipinski definition) is 4. The van der Waals surface area contributed by atoms with Crippen molar-refractivity contribution in [1.29, 1.82) is 0 Å². The second kappa shape index (κ2) is 6.83. The average molecular weight is 294 g/mol. The Balaban J connectivity index is 1.86. The van der Waals surface area contributed by atoms with Gasteiger partial charge in [-0.25, -0.2) is 4.79 Å². The van der Waals surface area contributed by atoms with E-state index in [0.717, 1.165) is 0 Å². The first-order valence-electron chi connectivity index (χ1n) is 6.73. The number of nitrogens with one attached hydrogen (secondary N) is 2. The topological polar surface area (TPSA) is 96.9 Å². The van der Waals surface area contributed by atoms with Crippen molar-refractivity contribution in [3.63, 3.8) is 0 Å². The number of ether oxygens (including phenoxy) is 2. The molecule has 7 nitrogen and oxygen atoms in total. The summed E-state index contributed by atoms with van der Waals surface area (Å²) in [6.07, 6.45) is 0.398. The van der Waals surface area contributed by atoms with Crippen LogP contribution in [0.15, 0.2) is 18.2 Å². The van der Waals surface area contributed by atoms with Crippen LogP contribution in [-0.4, -0.2) is 36.4 Å². The molecule has 1 heterocycles. The molecule has 2 rings (SSSR count). The van der Waals surface area contributed by atoms with Gasteiger partial charge >= 0.3 is 12.0 Å². The summed E-state index contributed by atoms with van der Waals surface area (Å²) in [6, 6.07) is 4.53. The molecule has 1 atom stereocenters. The largest absolute Gasteiger partial charge is 0.486 e. The zero-order valence-corrected chi connectivity index (χ0v) is 11.7. The second-order valence-corrected chi connectivity index (χ2v) is 4.79. The molecular weight excluding hydrogens is 276 g/mol. The monoisotopic (exact) mass is 294 g/mol. The molecule has 0 radical (unpaired) electrons. The van der Waals surface area contributed by atoms with Gasteiger partial charge in [0.15, 0.2) is 11.5 Å². The number of carboxylic acid groups (broad SMARTS) is 1. The summed E-state index contributed by atoms with van der Waals surface area (Å²) in [5, 5.41) is 13.9. The standard InChI is InChI=1S/C14H18N2O5/c1-9(2-5-13(17)18)15-14(19)16-10-3-4-11-12(8-10)21-7-6-20-11/h3-4,8-9H,2,5-7H2,1H3,(H,17,18)(H2,15,16,19). The lowest BCUT2D eigenvalue weighted by atomic mass is 10.2. The van der Waals surface area contributed by atoms with Crippen molar-refractivity contribution in [1.82, 2.24) is 5.32 Å². The van der Waals surface area contributed by atoms with Crippen molar-refractivity contribution >= 4 is 17.7 Å². The van der Waals surface area contributed by atoms with Crippen molar-refractivity contribution < 1.29 is 24.2 Å². The van der Waals surface area contributed by atoms with E-state index < -0.39 is 5.97 Å². The van der Waals surface area contributed by atoms with Crippen molar-refractivity contribution in [2.24, 2.45) is 0 Å². The molecule has 7 heteroatoms. The number of fused-ring (bicyclic) bond motifs is 1. The molecule has 114 valence electrons. The fourth-order valence-corrected chi connectivity index (χ4v) is 1.92. The minimum absolute atomic E-state index is 0.0193. The third kappa shape index (κ3) is 4.55. The molecule has 0 aliphatic carbocycles. The Bertz CT molecular complexity index is 532. The van der Waals surface area contributed by atoms with E-state index in [1.54, 1.807) is 25.1 Å². The Morgan fingerprint density at radius 1 is 1.29 bits per heavy atom. The van der Waals surface area contributed by atoms with Gasteiger partial charge in [-0.15, -0.1) is 0 Å². The summed E-state index contributed by atoms with van der Waals surface area (Å²) >= 11 is 0. The predicted molar refractivity (Wildman–Crippen MR) is 75.9 cm³/mol. The number of carbonyl (C=O) groups excluding carboxylic acids is 1. The second-order valence-electron chi connectivity index (χ2n) is 4.79. The van der Waals surface area contributed by atoms with E-state index in [2.05, 4.69) is 10.6 Å². The van der Waals surface area contributed by atoms with E-state index >= 15 is 0 Å². The van der Waals surface area contributed by atoms with E-state index in [1.807, 2.05) is 0 Å². The smallest absolute Gasteiger partial charge is 0.319 e. The summed E-state index contributed by atoms with van der Waals surface area (Å²) in [5.74, 6) is 0.371. The molecular formula is C14H18N2O5. The molecule has 1 aliphatic heterocycles. The minimum atomic E-state index is -0.879. The maximum atomic E-state index is 11.8. The number of amides is 2. The lowest BCUT2D eigenvalue weighted by molar-refractivity contribution is -0.137. The van der Waals surface area contributed by atoms with Gasteiger partial charge in [-0.3, -0.25) is 4.79 Å². The quantitative estimate of drug-likeness (QED) is 0.770. The van der Waals surface area contributed by atoms with E-state index in [9.17, 15) is 9.59 Å². The highest BCUT2D eigenvalue weighted by Gasteiger charge is 2.13. The van der Waals surface area contributed by atoms with Crippen molar-refractivity contribution in [2.45, 2.75) is 25.8 Å². The van der Waals surface area contributed by atoms with Gasteiger partial charge in [0.25, 0.3) is 0 Å². The molecule has 21 heavy (non-hydrogen) atoms. The number of carboxylic acids is 1. The van der Waals surface area contributed by atoms with Gasteiger partial charge in [0.1, 0.15) is 13.2 Å². The number of anilines is 1. The third-order valence-corrected chi connectivity index (χ3v) is 2.97. The van der Waals surface area contributed by atoms with Crippen molar-refractivity contribution in [3.05, 3.63) is 18.2 Å². The summed E-state index contributed by atoms with van der Waals surface area (Å²) in [7, 11) is 0. The van der Waals surface area contributed by atoms with Gasteiger partial charge in [0.05, 0.1) is 0 Å². The van der Waals surface area contributed by atoms with Crippen LogP contribution in [-0.2, 0) is 4.79 Å². The number of urea groups is 1. The van der Waals surface area contributed by atoms with Crippen LogP contribution < -0.4 is 20.1 Å².